The van der Waals surface area contributed by atoms with Crippen molar-refractivity contribution in [2.45, 2.75) is 0 Å². The summed E-state index contributed by atoms with van der Waals surface area (Å²) in [7, 11) is 0. The van der Waals surface area contributed by atoms with E-state index in [9.17, 15) is 0 Å². The lowest BCUT2D eigenvalue weighted by Gasteiger charge is -1.31. The predicted octanol–water partition coefficient (Wildman–Crippen LogP) is 2.30. The third-order valence-electron chi connectivity index (χ3n) is 0.0913. The van der Waals surface area contributed by atoms with Gasteiger partial charge in [0.2, 0.25) is 0 Å². The second kappa shape index (κ2) is 251. The van der Waals surface area contributed by atoms with E-state index in [2.05, 4.69) is 32.9 Å². The maximum atomic E-state index is 7.51. The fourth-order valence-corrected chi connectivity index (χ4v) is 0. The van der Waals surface area contributed by atoms with Gasteiger partial charge >= 0.3 is 0 Å². The number of nitriles is 1. The molecule has 0 fully saturated rings. The van der Waals surface area contributed by atoms with Crippen LogP contribution in [-0.4, -0.2) is 0 Å². The van der Waals surface area contributed by atoms with Gasteiger partial charge in [0.15, 0.2) is 0 Å². The number of hydrogen-bond acceptors (Lipinski definition) is 1. The van der Waals surface area contributed by atoms with Crippen LogP contribution < -0.4 is 0 Å². The van der Waals surface area contributed by atoms with E-state index in [-0.39, 0.29) is 0 Å². The second-order valence-corrected chi connectivity index (χ2v) is 0.333. The summed E-state index contributed by atoms with van der Waals surface area (Å²) < 4.78 is 0. The molecule has 0 aliphatic rings. The van der Waals surface area contributed by atoms with Gasteiger partial charge in [-0.3, -0.25) is 0 Å². The topological polar surface area (TPSA) is 23.8 Å². The summed E-state index contributed by atoms with van der Waals surface area (Å²) in [5.74, 6) is 0. The molecule has 0 aromatic heterocycles. The summed E-state index contributed by atoms with van der Waals surface area (Å²) in [5, 5.41) is 7.51. The Labute approximate surface area is 51.3 Å². The number of nitrogens with zero attached hydrogens (tertiary/aromatic N) is 1. The molecule has 1 heteroatoms. The molecule has 0 radical (unpaired) electrons. The lowest BCUT2D eigenvalue weighted by atomic mass is 10.8. The van der Waals surface area contributed by atoms with Gasteiger partial charge in [-0.05, 0) is 0 Å². The van der Waals surface area contributed by atoms with Gasteiger partial charge in [0.05, 0.1) is 6.07 Å². The van der Waals surface area contributed by atoms with Gasteiger partial charge in [-0.15, -0.1) is 26.3 Å². The van der Waals surface area contributed by atoms with Crippen molar-refractivity contribution < 1.29 is 0 Å². The molecule has 0 N–H and O–H groups in total. The minimum atomic E-state index is 1.18. The quantitative estimate of drug-likeness (QED) is 0.346. The number of allylic oxidation sites excluding steroid dienone is 1. The third kappa shape index (κ3) is 771. The van der Waals surface area contributed by atoms with Crippen molar-refractivity contribution in [2.75, 3.05) is 0 Å². The van der Waals surface area contributed by atoms with Crippen molar-refractivity contribution in [3.05, 3.63) is 39.0 Å². The first-order chi connectivity index (χ1) is 3.91. The Balaban J connectivity index is -0.0000000542. The van der Waals surface area contributed by atoms with Gasteiger partial charge in [-0.25, -0.2) is 0 Å². The summed E-state index contributed by atoms with van der Waals surface area (Å²) >= 11 is 0. The molecule has 0 rings (SSSR count). The van der Waals surface area contributed by atoms with Crippen LogP contribution in [0, 0.1) is 11.3 Å². The highest BCUT2D eigenvalue weighted by atomic mass is 14.2. The average Bonchev–Trinajstić information content (AvgIpc) is 1.96. The molecule has 0 heterocycles. The van der Waals surface area contributed by atoms with Crippen molar-refractivity contribution in [1.82, 2.24) is 0 Å². The molecule has 44 valence electrons. The first kappa shape index (κ1) is 15.9. The lowest BCUT2D eigenvalue weighted by Crippen LogP contribution is -1.23. The molecule has 0 amide bonds. The molecule has 0 aromatic carbocycles. The molecule has 0 saturated heterocycles. The highest BCUT2D eigenvalue weighted by molar-refractivity contribution is 4.93. The fourth-order valence-electron chi connectivity index (χ4n) is 0. The van der Waals surface area contributed by atoms with Crippen molar-refractivity contribution in [2.24, 2.45) is 0 Å². The fraction of sp³-hybridized carbons (Fsp3) is 0. The molecule has 0 aromatic rings. The van der Waals surface area contributed by atoms with Crippen LogP contribution in [0.5, 0.6) is 0 Å². The van der Waals surface area contributed by atoms with Gasteiger partial charge in [-0.2, -0.15) is 5.26 Å². The van der Waals surface area contributed by atoms with Crippen molar-refractivity contribution in [3.8, 4) is 6.07 Å². The minimum absolute atomic E-state index is 1.18. The SMILES string of the molecule is C=C.C=C.C=CC#N. The van der Waals surface area contributed by atoms with E-state index in [4.69, 9.17) is 5.26 Å². The molecule has 0 atom stereocenters. The second-order valence-electron chi connectivity index (χ2n) is 0.333. The molecule has 1 nitrogen and oxygen atoms in total. The standard InChI is InChI=1S/C3H3N.2C2H4/c1-2-3-4;2*1-2/h2H,1H2;2*1-2H2. The van der Waals surface area contributed by atoms with E-state index in [1.807, 2.05) is 0 Å². The molecule has 0 aliphatic carbocycles. The first-order valence-electron chi connectivity index (χ1n) is 1.92. The molecule has 0 aliphatic heterocycles. The molecule has 0 bridgehead atoms. The first-order valence-corrected chi connectivity index (χ1v) is 1.92. The Morgan fingerprint density at radius 3 is 1.25 bits per heavy atom. The zero-order valence-corrected chi connectivity index (χ0v) is 5.06. The predicted molar refractivity (Wildman–Crippen MR) is 38.3 cm³/mol. The van der Waals surface area contributed by atoms with E-state index >= 15 is 0 Å². The number of hydrogen-bond donors (Lipinski definition) is 0. The Kier molecular flexibility index (Phi) is 499. The van der Waals surface area contributed by atoms with Gasteiger partial charge < -0.3 is 0 Å². The average molecular weight is 109 g/mol. The van der Waals surface area contributed by atoms with Crippen molar-refractivity contribution in [1.29, 1.82) is 5.26 Å². The molecular weight excluding hydrogens is 98.1 g/mol. The Morgan fingerprint density at radius 2 is 1.25 bits per heavy atom. The summed E-state index contributed by atoms with van der Waals surface area (Å²) in [4.78, 5) is 0. The molecule has 0 spiro atoms. The minimum Gasteiger partial charge on any atom is -0.193 e. The third-order valence-corrected chi connectivity index (χ3v) is 0.0913. The summed E-state index contributed by atoms with van der Waals surface area (Å²) in [6.45, 7) is 15.1. The maximum Gasteiger partial charge on any atom is 0.0905 e. The zero-order valence-electron chi connectivity index (χ0n) is 5.06. The van der Waals surface area contributed by atoms with Crippen LogP contribution in [0.1, 0.15) is 0 Å². The zero-order chi connectivity index (χ0) is 7.41. The smallest absolute Gasteiger partial charge is 0.0905 e. The van der Waals surface area contributed by atoms with Crippen LogP contribution in [0.2, 0.25) is 0 Å². The van der Waals surface area contributed by atoms with Crippen molar-refractivity contribution >= 4 is 0 Å². The Hall–Kier alpha value is -1.29. The summed E-state index contributed by atoms with van der Waals surface area (Å²) in [5.41, 5.74) is 0. The molecule has 0 unspecified atom stereocenters. The Morgan fingerprint density at radius 1 is 1.12 bits per heavy atom. The maximum absolute atomic E-state index is 7.51. The van der Waals surface area contributed by atoms with E-state index < -0.39 is 0 Å². The van der Waals surface area contributed by atoms with Crippen LogP contribution in [0.4, 0.5) is 0 Å². The normalized spacial score (nSPS) is 2.88. The van der Waals surface area contributed by atoms with Crippen LogP contribution in [0.3, 0.4) is 0 Å². The molecule has 8 heavy (non-hydrogen) atoms. The summed E-state index contributed by atoms with van der Waals surface area (Å²) in [6.07, 6.45) is 1.18. The molecular formula is C7H11N. The van der Waals surface area contributed by atoms with Gasteiger partial charge in [-0.1, -0.05) is 6.58 Å². The van der Waals surface area contributed by atoms with Gasteiger partial charge in [0, 0.05) is 6.08 Å². The van der Waals surface area contributed by atoms with E-state index in [0.717, 1.165) is 0 Å². The van der Waals surface area contributed by atoms with Crippen molar-refractivity contribution in [3.63, 3.8) is 0 Å². The van der Waals surface area contributed by atoms with Gasteiger partial charge in [0.1, 0.15) is 0 Å². The lowest BCUT2D eigenvalue weighted by molar-refractivity contribution is 1.54. The van der Waals surface area contributed by atoms with Crippen LogP contribution in [-0.2, 0) is 0 Å². The number of rotatable bonds is 0. The Bertz CT molecular complexity index is 66.9. The highest BCUT2D eigenvalue weighted by Gasteiger charge is 1.34. The van der Waals surface area contributed by atoms with E-state index in [0.29, 0.717) is 0 Å². The van der Waals surface area contributed by atoms with Gasteiger partial charge in [0.25, 0.3) is 0 Å². The van der Waals surface area contributed by atoms with E-state index in [1.54, 1.807) is 6.07 Å². The monoisotopic (exact) mass is 109 g/mol. The summed E-state index contributed by atoms with van der Waals surface area (Å²) in [6, 6.07) is 1.69. The highest BCUT2D eigenvalue weighted by Crippen LogP contribution is 1.41. The largest absolute Gasteiger partial charge is 0.193 e. The van der Waals surface area contributed by atoms with Crippen LogP contribution in [0.15, 0.2) is 39.0 Å². The van der Waals surface area contributed by atoms with Crippen LogP contribution in [0.25, 0.3) is 0 Å². The van der Waals surface area contributed by atoms with Crippen LogP contribution >= 0.6 is 0 Å². The van der Waals surface area contributed by atoms with E-state index in [1.165, 1.54) is 6.08 Å². The molecule has 0 saturated carbocycles.